The molecule has 0 saturated carbocycles. The lowest BCUT2D eigenvalue weighted by Gasteiger charge is -2.10. The average Bonchev–Trinajstić information content (AvgIpc) is 3.34. The lowest BCUT2D eigenvalue weighted by molar-refractivity contribution is -0.342. The fraction of sp³-hybridized carbons (Fsp3) is 0.0417. The Morgan fingerprint density at radius 1 is 0.968 bits per heavy atom. The minimum atomic E-state index is -3.92. The number of para-hydroxylation sites is 2. The third-order valence-corrected chi connectivity index (χ3v) is 5.10. The molecular weight excluding hydrogens is 432 g/mol. The zero-order valence-corrected chi connectivity index (χ0v) is 18.2. The summed E-state index contributed by atoms with van der Waals surface area (Å²) in [5.41, 5.74) is 8.19. The molecule has 0 aliphatic carbocycles. The lowest BCUT2D eigenvalue weighted by Crippen LogP contribution is -2.58. The van der Waals surface area contributed by atoms with Crippen LogP contribution in [0.2, 0.25) is 5.02 Å². The smallest absolute Gasteiger partial charge is 0.211 e. The topological polar surface area (TPSA) is 87.0 Å². The van der Waals surface area contributed by atoms with Crippen LogP contribution in [0.25, 0.3) is 22.0 Å². The molecule has 0 radical (unpaired) electrons. The van der Waals surface area contributed by atoms with Crippen molar-refractivity contribution in [3.63, 3.8) is 0 Å². The van der Waals surface area contributed by atoms with E-state index in [0.717, 1.165) is 21.8 Å². The fourth-order valence-corrected chi connectivity index (χ4v) is 3.76. The first-order chi connectivity index (χ1) is 14.8. The number of benzene rings is 3. The van der Waals surface area contributed by atoms with Gasteiger partial charge >= 0.3 is 0 Å². The molecule has 0 saturated heterocycles. The molecule has 0 fully saturated rings. The van der Waals surface area contributed by atoms with Gasteiger partial charge in [-0.05, 0) is 29.8 Å². The van der Waals surface area contributed by atoms with Gasteiger partial charge in [-0.15, -0.1) is 0 Å². The van der Waals surface area contributed by atoms with E-state index in [0.29, 0.717) is 6.26 Å². The molecular formula is C24H19ClN2O3S. The second-order valence-electron chi connectivity index (χ2n) is 7.08. The summed E-state index contributed by atoms with van der Waals surface area (Å²) in [6, 6.07) is 24.8. The Kier molecular flexibility index (Phi) is 5.78. The van der Waals surface area contributed by atoms with E-state index in [2.05, 4.69) is 83.1 Å². The van der Waals surface area contributed by atoms with Crippen molar-refractivity contribution in [2.24, 2.45) is 0 Å². The summed E-state index contributed by atoms with van der Waals surface area (Å²) in [4.78, 5) is 6.81. The van der Waals surface area contributed by atoms with E-state index < -0.39 is 10.1 Å². The van der Waals surface area contributed by atoms with E-state index in [-0.39, 0.29) is 0 Å². The Labute approximate surface area is 185 Å². The van der Waals surface area contributed by atoms with Crippen molar-refractivity contribution in [2.45, 2.75) is 0 Å². The van der Waals surface area contributed by atoms with Crippen LogP contribution < -0.4 is 4.99 Å². The highest BCUT2D eigenvalue weighted by Gasteiger charge is 2.24. The van der Waals surface area contributed by atoms with Gasteiger partial charge < -0.3 is 9.54 Å². The first-order valence-electron chi connectivity index (χ1n) is 9.48. The number of hydrogen-bond donors (Lipinski definition) is 2. The monoisotopic (exact) mass is 450 g/mol. The first kappa shape index (κ1) is 21.1. The second-order valence-corrected chi connectivity index (χ2v) is 8.93. The summed E-state index contributed by atoms with van der Waals surface area (Å²) in [5, 5.41) is 1.95. The zero-order valence-electron chi connectivity index (χ0n) is 16.6. The Morgan fingerprint density at radius 3 is 2.35 bits per heavy atom. The number of allylic oxidation sites excluding steroid dienone is 1. The van der Waals surface area contributed by atoms with Crippen LogP contribution in [0, 0.1) is 0 Å². The fourth-order valence-electron chi connectivity index (χ4n) is 3.63. The highest BCUT2D eigenvalue weighted by atomic mass is 35.5. The van der Waals surface area contributed by atoms with Gasteiger partial charge in [0.15, 0.2) is 6.21 Å². The summed E-state index contributed by atoms with van der Waals surface area (Å²) in [5.74, 6) is 0. The van der Waals surface area contributed by atoms with Gasteiger partial charge in [-0.25, -0.2) is 13.4 Å². The minimum Gasteiger partial charge on any atom is -0.748 e. The van der Waals surface area contributed by atoms with Crippen molar-refractivity contribution in [3.8, 4) is 0 Å². The van der Waals surface area contributed by atoms with Crippen LogP contribution in [0.4, 0.5) is 5.69 Å². The standard InChI is InChI=1S/C23H15ClN2.CH4O3S/c24-16-11-9-15(10-12-16)23(19-13-25-21-7-3-1-5-17(19)21)20-14-26-22-8-4-2-6-18(20)22;1-5(2,3)4/h1-14,25H;1H3,(H,2,3,4)/b23-20+;. The molecule has 1 aliphatic rings. The number of halogens is 1. The molecule has 0 unspecified atom stereocenters. The Hall–Kier alpha value is -3.19. The SMILES string of the molecule is CS(=O)(=O)[O-].Clc1ccc(/C(=C2/C=[NH+]c3ccccc32)c2c[nH]c3ccccc23)cc1. The van der Waals surface area contributed by atoms with Gasteiger partial charge in [0, 0.05) is 45.6 Å². The van der Waals surface area contributed by atoms with E-state index in [4.69, 9.17) is 24.6 Å². The van der Waals surface area contributed by atoms with Crippen molar-refractivity contribution in [2.75, 3.05) is 6.26 Å². The predicted octanol–water partition coefficient (Wildman–Crippen LogP) is 3.74. The number of rotatable bonds is 2. The number of hydrogen-bond acceptors (Lipinski definition) is 3. The molecule has 0 atom stereocenters. The third-order valence-electron chi connectivity index (χ3n) is 4.85. The summed E-state index contributed by atoms with van der Waals surface area (Å²) < 4.78 is 27.2. The summed E-state index contributed by atoms with van der Waals surface area (Å²) in [6.07, 6.45) is 4.79. The number of H-pyrrole nitrogens is 1. The number of aromatic amines is 1. The van der Waals surface area contributed by atoms with Gasteiger partial charge in [-0.2, -0.15) is 0 Å². The highest BCUT2D eigenvalue weighted by Crippen LogP contribution is 2.37. The van der Waals surface area contributed by atoms with Crippen LogP contribution in [0.3, 0.4) is 0 Å². The molecule has 4 aromatic rings. The number of fused-ring (bicyclic) bond motifs is 2. The molecule has 0 bridgehead atoms. The van der Waals surface area contributed by atoms with Gasteiger partial charge in [-0.1, -0.05) is 54.1 Å². The second kappa shape index (κ2) is 8.51. The van der Waals surface area contributed by atoms with E-state index >= 15 is 0 Å². The van der Waals surface area contributed by atoms with Crippen LogP contribution in [-0.4, -0.2) is 30.4 Å². The van der Waals surface area contributed by atoms with Gasteiger partial charge in [0.2, 0.25) is 5.69 Å². The Balaban J connectivity index is 0.000000418. The maximum Gasteiger partial charge on any atom is 0.211 e. The molecule has 0 amide bonds. The van der Waals surface area contributed by atoms with Crippen molar-refractivity contribution in [1.82, 2.24) is 4.98 Å². The quantitative estimate of drug-likeness (QED) is 0.456. The summed E-state index contributed by atoms with van der Waals surface area (Å²) in [7, 11) is -3.92. The van der Waals surface area contributed by atoms with Crippen molar-refractivity contribution in [3.05, 3.63) is 101 Å². The molecule has 7 heteroatoms. The Bertz CT molecular complexity index is 1410. The summed E-state index contributed by atoms with van der Waals surface area (Å²) >= 11 is 6.13. The van der Waals surface area contributed by atoms with Gasteiger partial charge in [0.05, 0.1) is 21.3 Å². The van der Waals surface area contributed by atoms with Crippen molar-refractivity contribution >= 4 is 55.7 Å². The molecule has 31 heavy (non-hydrogen) atoms. The van der Waals surface area contributed by atoms with E-state index in [1.165, 1.54) is 27.7 Å². The van der Waals surface area contributed by atoms with Gasteiger partial charge in [0.25, 0.3) is 0 Å². The molecule has 156 valence electrons. The number of nitrogens with one attached hydrogen (secondary N) is 2. The zero-order chi connectivity index (χ0) is 22.0. The Morgan fingerprint density at radius 2 is 1.61 bits per heavy atom. The van der Waals surface area contributed by atoms with E-state index in [1.54, 1.807) is 0 Å². The largest absolute Gasteiger partial charge is 0.748 e. The van der Waals surface area contributed by atoms with E-state index in [9.17, 15) is 0 Å². The highest BCUT2D eigenvalue weighted by molar-refractivity contribution is 7.84. The van der Waals surface area contributed by atoms with Crippen LogP contribution in [-0.2, 0) is 10.1 Å². The maximum atomic E-state index is 9.08. The van der Waals surface area contributed by atoms with Gasteiger partial charge in [-0.3, -0.25) is 0 Å². The maximum absolute atomic E-state index is 9.08. The minimum absolute atomic E-state index is 0.604. The molecule has 2 N–H and O–H groups in total. The van der Waals surface area contributed by atoms with Crippen LogP contribution in [0.15, 0.2) is 79.0 Å². The van der Waals surface area contributed by atoms with Gasteiger partial charge in [0.1, 0.15) is 0 Å². The average molecular weight is 451 g/mol. The van der Waals surface area contributed by atoms with Crippen LogP contribution >= 0.6 is 11.6 Å². The molecule has 0 spiro atoms. The number of aromatic nitrogens is 1. The lowest BCUT2D eigenvalue weighted by atomic mass is 9.90. The first-order valence-corrected chi connectivity index (χ1v) is 11.7. The molecule has 1 aliphatic heterocycles. The normalized spacial score (nSPS) is 14.2. The van der Waals surface area contributed by atoms with Crippen molar-refractivity contribution in [1.29, 1.82) is 0 Å². The molecule has 1 aromatic heterocycles. The third kappa shape index (κ3) is 4.77. The molecule has 5 nitrogen and oxygen atoms in total. The van der Waals surface area contributed by atoms with E-state index in [1.807, 2.05) is 12.1 Å². The summed E-state index contributed by atoms with van der Waals surface area (Å²) in [6.45, 7) is 0. The molecule has 2 heterocycles. The molecule has 5 rings (SSSR count). The van der Waals surface area contributed by atoms with Crippen LogP contribution in [0.5, 0.6) is 0 Å². The van der Waals surface area contributed by atoms with Crippen LogP contribution in [0.1, 0.15) is 16.7 Å². The van der Waals surface area contributed by atoms with Crippen molar-refractivity contribution < 1.29 is 18.0 Å². The molecule has 3 aromatic carbocycles. The predicted molar refractivity (Wildman–Crippen MR) is 124 cm³/mol.